The number of imide groups is 1. The summed E-state index contributed by atoms with van der Waals surface area (Å²) < 4.78 is 0. The quantitative estimate of drug-likeness (QED) is 0.579. The Balaban J connectivity index is 1.93. The summed E-state index contributed by atoms with van der Waals surface area (Å²) >= 11 is 0. The van der Waals surface area contributed by atoms with Crippen molar-refractivity contribution >= 4 is 29.0 Å². The zero-order valence-electron chi connectivity index (χ0n) is 16.8. The van der Waals surface area contributed by atoms with Crippen LogP contribution in [0, 0.1) is 0 Å². The summed E-state index contributed by atoms with van der Waals surface area (Å²) in [5, 5.41) is 2.73. The highest BCUT2D eigenvalue weighted by Crippen LogP contribution is 2.33. The van der Waals surface area contributed by atoms with Gasteiger partial charge in [0.25, 0.3) is 11.8 Å². The minimum Gasteiger partial charge on any atom is -0.366 e. The Labute approximate surface area is 166 Å². The minimum absolute atomic E-state index is 0.143. The van der Waals surface area contributed by atoms with Gasteiger partial charge in [-0.2, -0.15) is 0 Å². The number of unbranched alkanes of at least 4 members (excludes halogenated alkanes) is 2. The molecule has 0 radical (unpaired) electrons. The molecule has 2 aliphatic heterocycles. The number of nitrogens with one attached hydrogen (secondary N) is 1. The van der Waals surface area contributed by atoms with Gasteiger partial charge < -0.3 is 10.2 Å². The number of carbonyl (C=O) groups excluding carboxylic acids is 3. The van der Waals surface area contributed by atoms with Crippen molar-refractivity contribution in [3.8, 4) is 0 Å². The third-order valence-corrected chi connectivity index (χ3v) is 5.30. The first-order chi connectivity index (χ1) is 13.5. The van der Waals surface area contributed by atoms with Gasteiger partial charge in [-0.3, -0.25) is 19.3 Å². The minimum atomic E-state index is -0.200. The van der Waals surface area contributed by atoms with Gasteiger partial charge in [-0.05, 0) is 43.4 Å². The number of rotatable bonds is 7. The van der Waals surface area contributed by atoms with E-state index < -0.39 is 0 Å². The summed E-state index contributed by atoms with van der Waals surface area (Å²) in [6.45, 7) is 5.65. The van der Waals surface area contributed by atoms with Crippen molar-refractivity contribution < 1.29 is 14.4 Å². The molecule has 1 fully saturated rings. The average Bonchev–Trinajstić information content (AvgIpc) is 2.93. The number of likely N-dealkylation sites (tertiary alicyclic amines) is 1. The summed E-state index contributed by atoms with van der Waals surface area (Å²) in [5.74, 6) is -0.506. The lowest BCUT2D eigenvalue weighted by Crippen LogP contribution is -2.37. The standard InChI is InChI=1S/C22H29N3O3/c1-3-4-6-15-25-21(27)19(17-9-11-18(12-10-17)23-16(2)26)20(22(25)28)24-13-7-5-8-14-24/h9-12H,3-8,13-15H2,1-2H3,(H,23,26). The van der Waals surface area contributed by atoms with Gasteiger partial charge in [0.05, 0.1) is 5.57 Å². The number of hydrogen-bond donors (Lipinski definition) is 1. The summed E-state index contributed by atoms with van der Waals surface area (Å²) in [4.78, 5) is 41.1. The van der Waals surface area contributed by atoms with Crippen molar-refractivity contribution in [2.45, 2.75) is 52.4 Å². The second-order valence-corrected chi connectivity index (χ2v) is 7.50. The van der Waals surface area contributed by atoms with Crippen LogP contribution in [0.1, 0.15) is 57.9 Å². The monoisotopic (exact) mass is 383 g/mol. The van der Waals surface area contributed by atoms with Gasteiger partial charge in [-0.1, -0.05) is 31.9 Å². The second kappa shape index (κ2) is 9.04. The van der Waals surface area contributed by atoms with Gasteiger partial charge in [0.2, 0.25) is 5.91 Å². The summed E-state index contributed by atoms with van der Waals surface area (Å²) in [7, 11) is 0. The third-order valence-electron chi connectivity index (χ3n) is 5.30. The Morgan fingerprint density at radius 3 is 2.29 bits per heavy atom. The smallest absolute Gasteiger partial charge is 0.277 e. The van der Waals surface area contributed by atoms with Crippen molar-refractivity contribution in [1.82, 2.24) is 9.80 Å². The molecule has 0 bridgehead atoms. The van der Waals surface area contributed by atoms with Gasteiger partial charge in [-0.25, -0.2) is 0 Å². The Morgan fingerprint density at radius 2 is 1.68 bits per heavy atom. The van der Waals surface area contributed by atoms with Crippen LogP contribution in [0.2, 0.25) is 0 Å². The zero-order valence-corrected chi connectivity index (χ0v) is 16.8. The van der Waals surface area contributed by atoms with Crippen molar-refractivity contribution in [3.63, 3.8) is 0 Å². The van der Waals surface area contributed by atoms with E-state index >= 15 is 0 Å². The van der Waals surface area contributed by atoms with E-state index in [1.54, 1.807) is 12.1 Å². The molecule has 2 heterocycles. The number of piperidine rings is 1. The molecule has 3 rings (SSSR count). The van der Waals surface area contributed by atoms with Crippen molar-refractivity contribution in [2.75, 3.05) is 25.0 Å². The fraction of sp³-hybridized carbons (Fsp3) is 0.500. The maximum Gasteiger partial charge on any atom is 0.277 e. The van der Waals surface area contributed by atoms with Gasteiger partial charge in [0.15, 0.2) is 0 Å². The lowest BCUT2D eigenvalue weighted by Gasteiger charge is -2.29. The SMILES string of the molecule is CCCCCN1C(=O)C(c2ccc(NC(C)=O)cc2)=C(N2CCCCC2)C1=O. The first-order valence-electron chi connectivity index (χ1n) is 10.3. The average molecular weight is 383 g/mol. The molecule has 6 heteroatoms. The predicted octanol–water partition coefficient (Wildman–Crippen LogP) is 3.40. The molecular weight excluding hydrogens is 354 g/mol. The van der Waals surface area contributed by atoms with Crippen LogP contribution in [0.3, 0.4) is 0 Å². The van der Waals surface area contributed by atoms with E-state index in [0.717, 1.165) is 57.2 Å². The van der Waals surface area contributed by atoms with Gasteiger partial charge in [0.1, 0.15) is 5.70 Å². The largest absolute Gasteiger partial charge is 0.366 e. The molecule has 28 heavy (non-hydrogen) atoms. The van der Waals surface area contributed by atoms with Crippen LogP contribution < -0.4 is 5.32 Å². The van der Waals surface area contributed by atoms with Crippen LogP contribution in [0.5, 0.6) is 0 Å². The lowest BCUT2D eigenvalue weighted by atomic mass is 10.0. The fourth-order valence-corrected chi connectivity index (χ4v) is 3.88. The van der Waals surface area contributed by atoms with E-state index in [1.165, 1.54) is 11.8 Å². The highest BCUT2D eigenvalue weighted by molar-refractivity contribution is 6.35. The topological polar surface area (TPSA) is 69.7 Å². The molecular formula is C22H29N3O3. The highest BCUT2D eigenvalue weighted by Gasteiger charge is 2.41. The molecule has 0 atom stereocenters. The summed E-state index contributed by atoms with van der Waals surface area (Å²) in [6, 6.07) is 7.17. The molecule has 0 saturated carbocycles. The van der Waals surface area contributed by atoms with Crippen molar-refractivity contribution in [2.24, 2.45) is 0 Å². The number of carbonyl (C=O) groups is 3. The van der Waals surface area contributed by atoms with Crippen molar-refractivity contribution in [3.05, 3.63) is 35.5 Å². The Morgan fingerprint density at radius 1 is 1.00 bits per heavy atom. The number of benzene rings is 1. The van der Waals surface area contributed by atoms with Crippen LogP contribution in [-0.4, -0.2) is 47.2 Å². The molecule has 3 amide bonds. The van der Waals surface area contributed by atoms with Gasteiger partial charge in [-0.15, -0.1) is 0 Å². The van der Waals surface area contributed by atoms with Crippen LogP contribution in [0.4, 0.5) is 5.69 Å². The van der Waals surface area contributed by atoms with E-state index in [0.29, 0.717) is 23.5 Å². The molecule has 0 aliphatic carbocycles. The lowest BCUT2D eigenvalue weighted by molar-refractivity contribution is -0.137. The first kappa shape index (κ1) is 20.1. The number of amides is 3. The summed E-state index contributed by atoms with van der Waals surface area (Å²) in [6.07, 6.45) is 6.10. The molecule has 6 nitrogen and oxygen atoms in total. The van der Waals surface area contributed by atoms with Gasteiger partial charge >= 0.3 is 0 Å². The van der Waals surface area contributed by atoms with Gasteiger partial charge in [0, 0.05) is 32.2 Å². The van der Waals surface area contributed by atoms with E-state index in [2.05, 4.69) is 17.1 Å². The van der Waals surface area contributed by atoms with E-state index in [-0.39, 0.29) is 17.7 Å². The summed E-state index contributed by atoms with van der Waals surface area (Å²) in [5.41, 5.74) is 2.45. The molecule has 0 aromatic heterocycles. The van der Waals surface area contributed by atoms with Crippen LogP contribution in [0.25, 0.3) is 5.57 Å². The molecule has 1 saturated heterocycles. The van der Waals surface area contributed by atoms with Crippen molar-refractivity contribution in [1.29, 1.82) is 0 Å². The molecule has 0 unspecified atom stereocenters. The molecule has 1 aromatic carbocycles. The molecule has 1 N–H and O–H groups in total. The Bertz CT molecular complexity index is 777. The second-order valence-electron chi connectivity index (χ2n) is 7.50. The molecule has 0 spiro atoms. The number of hydrogen-bond acceptors (Lipinski definition) is 4. The maximum absolute atomic E-state index is 13.2. The third kappa shape index (κ3) is 4.26. The van der Waals surface area contributed by atoms with Crippen LogP contribution in [-0.2, 0) is 14.4 Å². The predicted molar refractivity (Wildman–Crippen MR) is 109 cm³/mol. The zero-order chi connectivity index (χ0) is 20.1. The Hall–Kier alpha value is -2.63. The van der Waals surface area contributed by atoms with Crippen LogP contribution >= 0.6 is 0 Å². The normalized spacial score (nSPS) is 17.5. The highest BCUT2D eigenvalue weighted by atomic mass is 16.2. The van der Waals surface area contributed by atoms with E-state index in [9.17, 15) is 14.4 Å². The fourth-order valence-electron chi connectivity index (χ4n) is 3.88. The first-order valence-corrected chi connectivity index (χ1v) is 10.3. The number of anilines is 1. The maximum atomic E-state index is 13.2. The van der Waals surface area contributed by atoms with Crippen LogP contribution in [0.15, 0.2) is 30.0 Å². The number of nitrogens with zero attached hydrogens (tertiary/aromatic N) is 2. The van der Waals surface area contributed by atoms with E-state index in [4.69, 9.17) is 0 Å². The molecule has 1 aromatic rings. The molecule has 2 aliphatic rings. The van der Waals surface area contributed by atoms with E-state index in [1.807, 2.05) is 12.1 Å². The molecule has 150 valence electrons. The Kier molecular flexibility index (Phi) is 6.49.